The average molecular weight is 102 g/mol. The van der Waals surface area contributed by atoms with E-state index in [4.69, 9.17) is 0 Å². The van der Waals surface area contributed by atoms with E-state index in [0.29, 0.717) is 0 Å². The summed E-state index contributed by atoms with van der Waals surface area (Å²) in [4.78, 5) is 0. The van der Waals surface area contributed by atoms with E-state index in [1.165, 1.54) is 19.3 Å². The summed E-state index contributed by atoms with van der Waals surface area (Å²) in [7, 11) is 0. The van der Waals surface area contributed by atoms with Gasteiger partial charge >= 0.3 is 43.0 Å². The van der Waals surface area contributed by atoms with Crippen molar-refractivity contribution in [3.05, 3.63) is 0 Å². The minimum absolute atomic E-state index is 1.40. The van der Waals surface area contributed by atoms with Crippen molar-refractivity contribution in [2.75, 3.05) is 0 Å². The number of hydrogen-bond acceptors (Lipinski definition) is 0. The number of hydrogen-bond donors (Lipinski definition) is 0. The van der Waals surface area contributed by atoms with Crippen LogP contribution in [0.15, 0.2) is 0 Å². The van der Waals surface area contributed by atoms with Crippen molar-refractivity contribution in [1.82, 2.24) is 0 Å². The third-order valence-electron chi connectivity index (χ3n) is 0.957. The molecule has 5 heavy (non-hydrogen) atoms. The van der Waals surface area contributed by atoms with Crippen molar-refractivity contribution in [2.45, 2.75) is 19.3 Å². The zero-order valence-corrected chi connectivity index (χ0v) is 4.68. The molecule has 1 aliphatic carbocycles. The van der Waals surface area contributed by atoms with Gasteiger partial charge in [0.05, 0.1) is 0 Å². The van der Waals surface area contributed by atoms with Crippen LogP contribution in [-0.4, -0.2) is 3.81 Å². The van der Waals surface area contributed by atoms with E-state index in [0.717, 1.165) is 0 Å². The van der Waals surface area contributed by atoms with E-state index in [1.807, 2.05) is 0 Å². The monoisotopic (exact) mass is 102 g/mol. The second-order valence-corrected chi connectivity index (χ2v) is 2.56. The van der Waals surface area contributed by atoms with E-state index >= 15 is 0 Å². The molecule has 1 saturated carbocycles. The molecule has 0 atom stereocenters. The molecule has 0 aromatic carbocycles. The third kappa shape index (κ3) is 0.706. The second kappa shape index (κ2) is 1.36. The number of rotatable bonds is 0. The molecular formula is C4H6Ti+2. The van der Waals surface area contributed by atoms with E-state index in [1.54, 1.807) is 3.81 Å². The van der Waals surface area contributed by atoms with Crippen LogP contribution in [0, 0.1) is 0 Å². The summed E-state index contributed by atoms with van der Waals surface area (Å²) >= 11 is 2.23. The summed E-state index contributed by atoms with van der Waals surface area (Å²) in [5.41, 5.74) is 0. The van der Waals surface area contributed by atoms with Crippen LogP contribution in [-0.2, 0) is 20.0 Å². The van der Waals surface area contributed by atoms with Crippen molar-refractivity contribution in [1.29, 1.82) is 0 Å². The average Bonchev–Trinajstić information content (AvgIpc) is 1.30. The molecule has 0 N–H and O–H groups in total. The van der Waals surface area contributed by atoms with Crippen molar-refractivity contribution in [2.24, 2.45) is 0 Å². The maximum absolute atomic E-state index is 2.23. The first-order valence-corrected chi connectivity index (χ1v) is 2.74. The molecule has 0 aliphatic heterocycles. The van der Waals surface area contributed by atoms with Crippen LogP contribution < -0.4 is 0 Å². The van der Waals surface area contributed by atoms with Gasteiger partial charge in [0.2, 0.25) is 0 Å². The Bertz CT molecular complexity index is 50.7. The van der Waals surface area contributed by atoms with Gasteiger partial charge in [-0.3, -0.25) is 0 Å². The molecule has 1 heteroatoms. The van der Waals surface area contributed by atoms with Gasteiger partial charge in [-0.1, -0.05) is 0 Å². The Hall–Kier alpha value is 0.584. The standard InChI is InChI=1S/C4H6.Ti/c1-2-4-3-1;/h1-3H2;/q;+2. The SMILES string of the molecule is [Ti+2]=[C]1CCC1. The van der Waals surface area contributed by atoms with Gasteiger partial charge < -0.3 is 0 Å². The summed E-state index contributed by atoms with van der Waals surface area (Å²) in [6.07, 6.45) is 4.26. The Labute approximate surface area is 43.5 Å². The van der Waals surface area contributed by atoms with Gasteiger partial charge in [-0.25, -0.2) is 0 Å². The fourth-order valence-corrected chi connectivity index (χ4v) is 0.906. The zero-order chi connectivity index (χ0) is 3.70. The van der Waals surface area contributed by atoms with Gasteiger partial charge in [-0.15, -0.1) is 0 Å². The molecule has 1 fully saturated rings. The van der Waals surface area contributed by atoms with Crippen LogP contribution in [0.1, 0.15) is 19.3 Å². The van der Waals surface area contributed by atoms with Crippen LogP contribution in [0.4, 0.5) is 0 Å². The quantitative estimate of drug-likeness (QED) is 0.398. The Kier molecular flexibility index (Phi) is 1.02. The van der Waals surface area contributed by atoms with Crippen molar-refractivity contribution in [3.8, 4) is 0 Å². The summed E-state index contributed by atoms with van der Waals surface area (Å²) in [5.74, 6) is 0. The molecule has 1 rings (SSSR count). The van der Waals surface area contributed by atoms with Crippen LogP contribution >= 0.6 is 0 Å². The topological polar surface area (TPSA) is 0 Å². The Morgan fingerprint density at radius 1 is 1.40 bits per heavy atom. The molecule has 24 valence electrons. The van der Waals surface area contributed by atoms with Crippen molar-refractivity contribution >= 4 is 3.81 Å². The van der Waals surface area contributed by atoms with E-state index < -0.39 is 0 Å². The van der Waals surface area contributed by atoms with Crippen LogP contribution in [0.5, 0.6) is 0 Å². The molecule has 1 aliphatic rings. The predicted octanol–water partition coefficient (Wildman–Crippen LogP) is 0.889. The molecular weight excluding hydrogens is 95.9 g/mol. The Morgan fingerprint density at radius 2 is 1.80 bits per heavy atom. The first kappa shape index (κ1) is 3.76. The second-order valence-electron chi connectivity index (χ2n) is 1.46. The molecule has 0 heterocycles. The maximum atomic E-state index is 2.23. The first-order valence-electron chi connectivity index (χ1n) is 1.96. The van der Waals surface area contributed by atoms with E-state index in [2.05, 4.69) is 20.0 Å². The third-order valence-corrected chi connectivity index (χ3v) is 1.74. The zero-order valence-electron chi connectivity index (χ0n) is 3.12. The molecule has 0 saturated heterocycles. The Balaban J connectivity index is 2.32. The van der Waals surface area contributed by atoms with Gasteiger partial charge in [0.1, 0.15) is 0 Å². The van der Waals surface area contributed by atoms with Crippen LogP contribution in [0.2, 0.25) is 0 Å². The summed E-state index contributed by atoms with van der Waals surface area (Å²) in [6, 6.07) is 0. The fraction of sp³-hybridized carbons (Fsp3) is 0.750. The summed E-state index contributed by atoms with van der Waals surface area (Å²) in [5, 5.41) is 0. The van der Waals surface area contributed by atoms with Gasteiger partial charge in [0.15, 0.2) is 0 Å². The summed E-state index contributed by atoms with van der Waals surface area (Å²) < 4.78 is 1.69. The fourth-order valence-electron chi connectivity index (χ4n) is 0.354. The Morgan fingerprint density at radius 3 is 1.80 bits per heavy atom. The normalized spacial score (nSPS) is 22.4. The molecule has 0 radical (unpaired) electrons. The molecule has 0 nitrogen and oxygen atoms in total. The van der Waals surface area contributed by atoms with Gasteiger partial charge in [-0.05, 0) is 0 Å². The van der Waals surface area contributed by atoms with Crippen molar-refractivity contribution < 1.29 is 20.0 Å². The molecule has 0 unspecified atom stereocenters. The molecule has 0 amide bonds. The van der Waals surface area contributed by atoms with Crippen LogP contribution in [0.25, 0.3) is 0 Å². The van der Waals surface area contributed by atoms with Crippen molar-refractivity contribution in [3.63, 3.8) is 0 Å². The van der Waals surface area contributed by atoms with Crippen LogP contribution in [0.3, 0.4) is 0 Å². The minimum atomic E-state index is 1.40. The van der Waals surface area contributed by atoms with Gasteiger partial charge in [0.25, 0.3) is 0 Å². The summed E-state index contributed by atoms with van der Waals surface area (Å²) in [6.45, 7) is 0. The van der Waals surface area contributed by atoms with E-state index in [-0.39, 0.29) is 0 Å². The first-order chi connectivity index (χ1) is 2.39. The predicted molar refractivity (Wildman–Crippen MR) is 18.9 cm³/mol. The molecule has 0 aromatic heterocycles. The molecule has 0 bridgehead atoms. The van der Waals surface area contributed by atoms with Gasteiger partial charge in [-0.2, -0.15) is 0 Å². The molecule has 0 aromatic rings. The molecule has 0 spiro atoms. The van der Waals surface area contributed by atoms with E-state index in [9.17, 15) is 0 Å². The van der Waals surface area contributed by atoms with Gasteiger partial charge in [0, 0.05) is 0 Å².